The highest BCUT2D eigenvalue weighted by molar-refractivity contribution is 6.36. The molecule has 2 aromatic heterocycles. The third kappa shape index (κ3) is 7.64. The Kier molecular flexibility index (Phi) is 11.6. The molecule has 4 saturated heterocycles. The van der Waals surface area contributed by atoms with E-state index in [0.29, 0.717) is 53.2 Å². The van der Waals surface area contributed by atoms with Crippen LogP contribution in [0.15, 0.2) is 48.7 Å². The zero-order chi connectivity index (χ0) is 36.2. The van der Waals surface area contributed by atoms with E-state index in [-0.39, 0.29) is 40.2 Å². The van der Waals surface area contributed by atoms with Crippen LogP contribution < -0.4 is 15.0 Å². The van der Waals surface area contributed by atoms with Gasteiger partial charge < -0.3 is 19.9 Å². The normalized spacial score (nSPS) is 22.7. The monoisotopic (exact) mass is 723 g/mol. The standard InChI is InChI=1S/C29H27ClF2N6O2.C7H12FN.C2H6/c1-37(18-11-13-38(15-18)22(39)9-7-17-10-12-33-17)28-20-14-34-26(25(32)27(20)35-29(36-28)40-2)19-5-3-4-16-6-8-21(31)24(30)23(16)19;8-6-4-7-2-1-3-9(7)5-6;1-2/h3-9,14,17-18,33H,10-13,15H2,1-2H3;6-7H,1-5H2;1-2H3/b9-7+;;. The molecule has 51 heavy (non-hydrogen) atoms. The molecule has 0 saturated carbocycles. The number of likely N-dealkylation sites (tertiary alicyclic amines) is 1. The Morgan fingerprint density at radius 1 is 1.10 bits per heavy atom. The van der Waals surface area contributed by atoms with E-state index < -0.39 is 17.8 Å². The summed E-state index contributed by atoms with van der Waals surface area (Å²) in [5.41, 5.74) is 0.361. The highest BCUT2D eigenvalue weighted by Crippen LogP contribution is 2.38. The number of ether oxygens (including phenoxy) is 1. The van der Waals surface area contributed by atoms with Crippen molar-refractivity contribution in [1.29, 1.82) is 0 Å². The van der Waals surface area contributed by atoms with Crippen molar-refractivity contribution < 1.29 is 22.7 Å². The first kappa shape index (κ1) is 36.8. The summed E-state index contributed by atoms with van der Waals surface area (Å²) >= 11 is 6.31. The Morgan fingerprint density at radius 3 is 2.63 bits per heavy atom. The largest absolute Gasteiger partial charge is 0.467 e. The average molecular weight is 724 g/mol. The zero-order valence-corrected chi connectivity index (χ0v) is 30.3. The lowest BCUT2D eigenvalue weighted by Crippen LogP contribution is -2.41. The number of methoxy groups -OCH3 is 1. The molecular weight excluding hydrogens is 679 g/mol. The summed E-state index contributed by atoms with van der Waals surface area (Å²) in [6.07, 6.45) is 9.63. The van der Waals surface area contributed by atoms with E-state index in [9.17, 15) is 13.6 Å². The average Bonchev–Trinajstić information content (AvgIpc) is 3.87. The number of amides is 1. The number of nitrogens with one attached hydrogen (secondary N) is 1. The lowest BCUT2D eigenvalue weighted by molar-refractivity contribution is -0.125. The number of aromatic nitrogens is 3. The van der Waals surface area contributed by atoms with Gasteiger partial charge in [0.2, 0.25) is 5.91 Å². The minimum Gasteiger partial charge on any atom is -0.467 e. The predicted molar refractivity (Wildman–Crippen MR) is 196 cm³/mol. The second-order valence-electron chi connectivity index (χ2n) is 13.2. The van der Waals surface area contributed by atoms with E-state index in [1.165, 1.54) is 32.2 Å². The summed E-state index contributed by atoms with van der Waals surface area (Å²) in [5, 5.41) is 4.56. The molecule has 4 unspecified atom stereocenters. The molecule has 0 spiro atoms. The molecule has 0 bridgehead atoms. The molecule has 6 heterocycles. The molecule has 2 aromatic carbocycles. The van der Waals surface area contributed by atoms with E-state index in [4.69, 9.17) is 16.3 Å². The molecule has 8 rings (SSSR count). The molecule has 9 nitrogen and oxygen atoms in total. The number of anilines is 1. The molecule has 4 fully saturated rings. The van der Waals surface area contributed by atoms with Gasteiger partial charge in [0.1, 0.15) is 29.0 Å². The first-order chi connectivity index (χ1) is 24.7. The third-order valence-corrected chi connectivity index (χ3v) is 10.5. The van der Waals surface area contributed by atoms with E-state index >= 15 is 4.39 Å². The molecule has 4 aliphatic heterocycles. The number of hydrogen-bond acceptors (Lipinski definition) is 8. The Balaban J connectivity index is 0.000000348. The SMILES string of the molecule is CC.COc1nc(N(C)C2CCN(C(=O)/C=C/C3CCN3)C2)c2cnc(-c3cccc4ccc(F)c(Cl)c34)c(F)c2n1.FC1CC2CCCN2C1. The van der Waals surface area contributed by atoms with Crippen LogP contribution in [-0.2, 0) is 4.79 Å². The summed E-state index contributed by atoms with van der Waals surface area (Å²) in [4.78, 5) is 32.0. The fourth-order valence-corrected chi connectivity index (χ4v) is 7.59. The second kappa shape index (κ2) is 16.1. The molecule has 4 aliphatic rings. The molecule has 0 aliphatic carbocycles. The number of carbonyl (C=O) groups is 1. The minimum absolute atomic E-state index is 0.00532. The fraction of sp³-hybridized carbons (Fsp3) is 0.474. The van der Waals surface area contributed by atoms with Gasteiger partial charge >= 0.3 is 6.01 Å². The van der Waals surface area contributed by atoms with Crippen LogP contribution in [0.4, 0.5) is 19.0 Å². The third-order valence-electron chi connectivity index (χ3n) is 10.2. The molecule has 4 atom stereocenters. The smallest absolute Gasteiger partial charge is 0.318 e. The molecule has 1 amide bonds. The van der Waals surface area contributed by atoms with Crippen LogP contribution in [0.5, 0.6) is 6.01 Å². The Bertz CT molecular complexity index is 1900. The summed E-state index contributed by atoms with van der Waals surface area (Å²) in [5.74, 6) is -0.888. The van der Waals surface area contributed by atoms with Gasteiger partial charge in [-0.05, 0) is 56.6 Å². The maximum atomic E-state index is 16.2. The van der Waals surface area contributed by atoms with Crippen LogP contribution in [0, 0.1) is 11.6 Å². The van der Waals surface area contributed by atoms with Crippen molar-refractivity contribution in [3.63, 3.8) is 0 Å². The number of fused-ring (bicyclic) bond motifs is 3. The second-order valence-corrected chi connectivity index (χ2v) is 13.5. The summed E-state index contributed by atoms with van der Waals surface area (Å²) in [6.45, 7) is 7.93. The van der Waals surface area contributed by atoms with Gasteiger partial charge in [-0.15, -0.1) is 0 Å². The summed E-state index contributed by atoms with van der Waals surface area (Å²) in [6, 6.07) is 8.85. The molecule has 13 heteroatoms. The van der Waals surface area contributed by atoms with Crippen LogP contribution in [-0.4, -0.2) is 102 Å². The minimum atomic E-state index is -0.696. The molecular formula is C38H45ClF3N7O2. The number of hydrogen-bond donors (Lipinski definition) is 1. The first-order valence-electron chi connectivity index (χ1n) is 17.8. The highest BCUT2D eigenvalue weighted by Gasteiger charge is 2.35. The first-order valence-corrected chi connectivity index (χ1v) is 18.2. The van der Waals surface area contributed by atoms with Crippen LogP contribution in [0.3, 0.4) is 0 Å². The van der Waals surface area contributed by atoms with Crippen molar-refractivity contribution >= 4 is 45.0 Å². The number of benzene rings is 2. The lowest BCUT2D eigenvalue weighted by Gasteiger charge is -2.27. The van der Waals surface area contributed by atoms with Gasteiger partial charge in [0.15, 0.2) is 5.82 Å². The quantitative estimate of drug-likeness (QED) is 0.214. The summed E-state index contributed by atoms with van der Waals surface area (Å²) in [7, 11) is 3.27. The molecule has 4 aromatic rings. The maximum absolute atomic E-state index is 16.2. The molecule has 1 N–H and O–H groups in total. The Hall–Kier alpha value is -4.00. The van der Waals surface area contributed by atoms with Crippen LogP contribution in [0.1, 0.15) is 46.0 Å². The van der Waals surface area contributed by atoms with Gasteiger partial charge in [0.25, 0.3) is 0 Å². The van der Waals surface area contributed by atoms with Crippen molar-refractivity contribution in [1.82, 2.24) is 30.1 Å². The van der Waals surface area contributed by atoms with Gasteiger partial charge in [0.05, 0.1) is 17.5 Å². The van der Waals surface area contributed by atoms with E-state index in [1.807, 2.05) is 31.9 Å². The summed E-state index contributed by atoms with van der Waals surface area (Å²) < 4.78 is 48.4. The highest BCUT2D eigenvalue weighted by atomic mass is 35.5. The number of likely N-dealkylation sites (N-methyl/N-ethyl adjacent to an activating group) is 1. The van der Waals surface area contributed by atoms with Crippen LogP contribution in [0.25, 0.3) is 32.9 Å². The van der Waals surface area contributed by atoms with Gasteiger partial charge in [-0.1, -0.05) is 55.8 Å². The number of rotatable bonds is 6. The van der Waals surface area contributed by atoms with Crippen molar-refractivity contribution in [3.8, 4) is 17.3 Å². The number of carbonyl (C=O) groups excluding carboxylic acids is 1. The van der Waals surface area contributed by atoms with Gasteiger partial charge in [0, 0.05) is 68.0 Å². The molecule has 272 valence electrons. The lowest BCUT2D eigenvalue weighted by atomic mass is 10.0. The van der Waals surface area contributed by atoms with Crippen molar-refractivity contribution in [2.45, 2.75) is 70.2 Å². The number of nitrogens with zero attached hydrogens (tertiary/aromatic N) is 6. The van der Waals surface area contributed by atoms with Crippen molar-refractivity contribution in [3.05, 3.63) is 65.3 Å². The van der Waals surface area contributed by atoms with Crippen molar-refractivity contribution in [2.24, 2.45) is 0 Å². The van der Waals surface area contributed by atoms with E-state index in [0.717, 1.165) is 32.4 Å². The zero-order valence-electron chi connectivity index (χ0n) is 29.5. The van der Waals surface area contributed by atoms with Gasteiger partial charge in [-0.3, -0.25) is 14.7 Å². The number of halogens is 4. The number of pyridine rings is 1. The van der Waals surface area contributed by atoms with Crippen LogP contribution >= 0.6 is 11.6 Å². The van der Waals surface area contributed by atoms with Gasteiger partial charge in [-0.25, -0.2) is 13.2 Å². The fourth-order valence-electron chi connectivity index (χ4n) is 7.31. The van der Waals surface area contributed by atoms with Crippen molar-refractivity contribution in [2.75, 3.05) is 51.8 Å². The van der Waals surface area contributed by atoms with E-state index in [1.54, 1.807) is 35.2 Å². The Morgan fingerprint density at radius 2 is 1.90 bits per heavy atom. The van der Waals surface area contributed by atoms with E-state index in [2.05, 4.69) is 25.2 Å². The topological polar surface area (TPSA) is 86.7 Å². The Labute approximate surface area is 301 Å². The maximum Gasteiger partial charge on any atom is 0.318 e. The predicted octanol–water partition coefficient (Wildman–Crippen LogP) is 6.96. The van der Waals surface area contributed by atoms with Gasteiger partial charge in [-0.2, -0.15) is 9.97 Å². The number of alkyl halides is 1. The molecule has 0 radical (unpaired) electrons. The van der Waals surface area contributed by atoms with Crippen LogP contribution in [0.2, 0.25) is 5.02 Å².